The maximum atomic E-state index is 10.2. The molecule has 0 saturated carbocycles. The first-order valence-electron chi connectivity index (χ1n) is 8.95. The lowest BCUT2D eigenvalue weighted by Crippen LogP contribution is -2.49. The van der Waals surface area contributed by atoms with E-state index in [-0.39, 0.29) is 0 Å². The van der Waals surface area contributed by atoms with Gasteiger partial charge in [-0.2, -0.15) is 0 Å². The minimum absolute atomic E-state index is 0.398. The molecule has 1 fully saturated rings. The summed E-state index contributed by atoms with van der Waals surface area (Å²) < 4.78 is 5.62. The third-order valence-electron chi connectivity index (χ3n) is 4.89. The number of anilines is 1. The molecular formula is C20H28N2O2S. The fourth-order valence-corrected chi connectivity index (χ4v) is 3.93. The number of β-amino-alcohol motifs (C(OH)–C–C–N with tert-alkyl or cyclic N) is 1. The molecule has 1 N–H and O–H groups in total. The van der Waals surface area contributed by atoms with E-state index in [0.717, 1.165) is 26.2 Å². The Labute approximate surface area is 154 Å². The molecule has 1 aromatic heterocycles. The summed E-state index contributed by atoms with van der Waals surface area (Å²) >= 11 is 1.69. The van der Waals surface area contributed by atoms with Gasteiger partial charge in [0.1, 0.15) is 0 Å². The zero-order chi connectivity index (χ0) is 17.6. The molecule has 0 amide bonds. The lowest BCUT2D eigenvalue weighted by atomic mass is 10.1. The van der Waals surface area contributed by atoms with Crippen LogP contribution in [-0.4, -0.2) is 55.4 Å². The summed E-state index contributed by atoms with van der Waals surface area (Å²) in [6, 6.07) is 10.6. The molecule has 0 radical (unpaired) electrons. The number of aliphatic hydroxyl groups is 1. The van der Waals surface area contributed by atoms with Gasteiger partial charge in [-0.25, -0.2) is 0 Å². The molecule has 1 aliphatic heterocycles. The Morgan fingerprint density at radius 3 is 2.64 bits per heavy atom. The summed E-state index contributed by atoms with van der Waals surface area (Å²) in [6.45, 7) is 10.0. The maximum Gasteiger partial charge on any atom is 0.0900 e. The number of hydrogen-bond donors (Lipinski definition) is 1. The van der Waals surface area contributed by atoms with Crippen molar-refractivity contribution >= 4 is 17.0 Å². The quantitative estimate of drug-likeness (QED) is 0.823. The second-order valence-electron chi connectivity index (χ2n) is 6.76. The number of hydrogen-bond acceptors (Lipinski definition) is 5. The molecule has 1 aliphatic rings. The van der Waals surface area contributed by atoms with Gasteiger partial charge in [0.2, 0.25) is 0 Å². The number of aliphatic hydroxyl groups excluding tert-OH is 1. The topological polar surface area (TPSA) is 35.9 Å². The van der Waals surface area contributed by atoms with Crippen molar-refractivity contribution in [1.82, 2.24) is 4.90 Å². The van der Waals surface area contributed by atoms with Gasteiger partial charge >= 0.3 is 0 Å². The first-order valence-corrected chi connectivity index (χ1v) is 9.83. The number of piperazine rings is 1. The van der Waals surface area contributed by atoms with Crippen LogP contribution in [0.3, 0.4) is 0 Å². The molecule has 25 heavy (non-hydrogen) atoms. The van der Waals surface area contributed by atoms with Gasteiger partial charge in [-0.1, -0.05) is 18.2 Å². The molecule has 0 spiro atoms. The molecule has 0 aliphatic carbocycles. The van der Waals surface area contributed by atoms with Crippen molar-refractivity contribution in [3.63, 3.8) is 0 Å². The van der Waals surface area contributed by atoms with Crippen LogP contribution < -0.4 is 4.90 Å². The van der Waals surface area contributed by atoms with E-state index in [0.29, 0.717) is 19.8 Å². The average Bonchev–Trinajstić information content (AvgIpc) is 3.12. The maximum absolute atomic E-state index is 10.2. The van der Waals surface area contributed by atoms with E-state index >= 15 is 0 Å². The number of nitrogens with zero attached hydrogens (tertiary/aromatic N) is 2. The Morgan fingerprint density at radius 1 is 1.12 bits per heavy atom. The van der Waals surface area contributed by atoms with Gasteiger partial charge in [-0.05, 0) is 42.5 Å². The minimum atomic E-state index is -0.424. The van der Waals surface area contributed by atoms with Gasteiger partial charge in [-0.3, -0.25) is 4.90 Å². The largest absolute Gasteiger partial charge is 0.389 e. The zero-order valence-corrected chi connectivity index (χ0v) is 16.0. The van der Waals surface area contributed by atoms with Crippen molar-refractivity contribution in [2.24, 2.45) is 0 Å². The third kappa shape index (κ3) is 5.05. The zero-order valence-electron chi connectivity index (χ0n) is 15.1. The van der Waals surface area contributed by atoms with E-state index in [1.807, 2.05) is 11.4 Å². The van der Waals surface area contributed by atoms with Crippen LogP contribution in [0.2, 0.25) is 0 Å². The summed E-state index contributed by atoms with van der Waals surface area (Å²) in [4.78, 5) is 5.99. The summed E-state index contributed by atoms with van der Waals surface area (Å²) in [6.07, 6.45) is -0.424. The first kappa shape index (κ1) is 18.4. The highest BCUT2D eigenvalue weighted by Gasteiger charge is 2.20. The molecule has 1 saturated heterocycles. The Kier molecular flexibility index (Phi) is 6.48. The summed E-state index contributed by atoms with van der Waals surface area (Å²) in [7, 11) is 0. The number of thiophene rings is 1. The highest BCUT2D eigenvalue weighted by molar-refractivity contribution is 7.09. The summed E-state index contributed by atoms with van der Waals surface area (Å²) in [5.41, 5.74) is 4.07. The van der Waals surface area contributed by atoms with Crippen molar-refractivity contribution < 1.29 is 9.84 Å². The monoisotopic (exact) mass is 360 g/mol. The Bertz CT molecular complexity index is 652. The van der Waals surface area contributed by atoms with E-state index < -0.39 is 6.10 Å². The number of benzene rings is 1. The predicted octanol–water partition coefficient (Wildman–Crippen LogP) is 3.06. The fraction of sp³-hybridized carbons (Fsp3) is 0.500. The molecule has 2 aromatic rings. The molecule has 0 bridgehead atoms. The van der Waals surface area contributed by atoms with Crippen LogP contribution in [0.25, 0.3) is 0 Å². The highest BCUT2D eigenvalue weighted by atomic mass is 32.1. The summed E-state index contributed by atoms with van der Waals surface area (Å²) in [5, 5.41) is 12.3. The number of rotatable bonds is 7. The highest BCUT2D eigenvalue weighted by Crippen LogP contribution is 2.23. The van der Waals surface area contributed by atoms with E-state index in [9.17, 15) is 5.11 Å². The number of aryl methyl sites for hydroxylation is 1. The molecule has 3 rings (SSSR count). The van der Waals surface area contributed by atoms with Gasteiger partial charge in [-0.15, -0.1) is 11.3 Å². The van der Waals surface area contributed by atoms with Gasteiger partial charge in [0.15, 0.2) is 0 Å². The SMILES string of the molecule is Cc1cccc(N2CCN(C[C@H](O)COCc3cccs3)CC2)c1C. The molecule has 2 heterocycles. The van der Waals surface area contributed by atoms with Crippen LogP contribution in [-0.2, 0) is 11.3 Å². The standard InChI is InChI=1S/C20H28N2O2S/c1-16-5-3-7-20(17(16)2)22-10-8-21(9-11-22)13-18(23)14-24-15-19-6-4-12-25-19/h3-7,12,18,23H,8-11,13-15H2,1-2H3/t18-/m0/s1. The van der Waals surface area contributed by atoms with Crippen molar-refractivity contribution in [2.75, 3.05) is 44.2 Å². The Morgan fingerprint density at radius 2 is 1.92 bits per heavy atom. The molecule has 5 heteroatoms. The van der Waals surface area contributed by atoms with Crippen molar-refractivity contribution in [2.45, 2.75) is 26.6 Å². The Hall–Kier alpha value is -1.40. The van der Waals surface area contributed by atoms with Gasteiger partial charge in [0.25, 0.3) is 0 Å². The molecular weight excluding hydrogens is 332 g/mol. The van der Waals surface area contributed by atoms with E-state index in [4.69, 9.17) is 4.74 Å². The lowest BCUT2D eigenvalue weighted by Gasteiger charge is -2.37. The van der Waals surface area contributed by atoms with Crippen LogP contribution in [0.1, 0.15) is 16.0 Å². The molecule has 0 unspecified atom stereocenters. The molecule has 4 nitrogen and oxygen atoms in total. The second kappa shape index (κ2) is 8.81. The lowest BCUT2D eigenvalue weighted by molar-refractivity contribution is 0.00991. The van der Waals surface area contributed by atoms with Gasteiger partial charge in [0.05, 0.1) is 19.3 Å². The predicted molar refractivity (Wildman–Crippen MR) is 105 cm³/mol. The fourth-order valence-electron chi connectivity index (χ4n) is 3.29. The normalized spacial score (nSPS) is 17.0. The smallest absolute Gasteiger partial charge is 0.0900 e. The molecule has 1 atom stereocenters. The van der Waals surface area contributed by atoms with Crippen LogP contribution in [0, 0.1) is 13.8 Å². The molecule has 1 aromatic carbocycles. The van der Waals surface area contributed by atoms with E-state index in [2.05, 4.69) is 47.9 Å². The third-order valence-corrected chi connectivity index (χ3v) is 5.74. The summed E-state index contributed by atoms with van der Waals surface area (Å²) in [5.74, 6) is 0. The van der Waals surface area contributed by atoms with Crippen molar-refractivity contribution in [1.29, 1.82) is 0 Å². The van der Waals surface area contributed by atoms with Gasteiger partial charge in [0, 0.05) is 43.3 Å². The van der Waals surface area contributed by atoms with Gasteiger partial charge < -0.3 is 14.7 Å². The van der Waals surface area contributed by atoms with Crippen LogP contribution >= 0.6 is 11.3 Å². The van der Waals surface area contributed by atoms with Crippen LogP contribution in [0.4, 0.5) is 5.69 Å². The second-order valence-corrected chi connectivity index (χ2v) is 7.79. The minimum Gasteiger partial charge on any atom is -0.389 e. The number of ether oxygens (including phenoxy) is 1. The average molecular weight is 361 g/mol. The van der Waals surface area contributed by atoms with Crippen molar-refractivity contribution in [3.05, 3.63) is 51.7 Å². The van der Waals surface area contributed by atoms with E-state index in [1.165, 1.54) is 21.7 Å². The Balaban J connectivity index is 1.40. The van der Waals surface area contributed by atoms with E-state index in [1.54, 1.807) is 11.3 Å². The van der Waals surface area contributed by atoms with Crippen LogP contribution in [0.15, 0.2) is 35.7 Å². The van der Waals surface area contributed by atoms with Crippen molar-refractivity contribution in [3.8, 4) is 0 Å². The molecule has 136 valence electrons. The first-order chi connectivity index (χ1) is 12.1. The van der Waals surface area contributed by atoms with Crippen LogP contribution in [0.5, 0.6) is 0 Å².